The Balaban J connectivity index is 1.62. The Morgan fingerprint density at radius 3 is 1.89 bits per heavy atom. The molecule has 0 bridgehead atoms. The van der Waals surface area contributed by atoms with Gasteiger partial charge in [-0.05, 0) is 103 Å². The lowest BCUT2D eigenvalue weighted by Gasteiger charge is -2.32. The molecule has 1 fully saturated rings. The molecule has 0 atom stereocenters. The zero-order valence-electron chi connectivity index (χ0n) is 22.4. The molecule has 37 heavy (non-hydrogen) atoms. The predicted octanol–water partition coefficient (Wildman–Crippen LogP) is 7.64. The molecule has 0 radical (unpaired) electrons. The van der Waals surface area contributed by atoms with Crippen molar-refractivity contribution < 1.29 is 9.31 Å². The van der Waals surface area contributed by atoms with Gasteiger partial charge >= 0.3 is 7.12 Å². The zero-order chi connectivity index (χ0) is 25.9. The lowest BCUT2D eigenvalue weighted by molar-refractivity contribution is 0.00578. The van der Waals surface area contributed by atoms with E-state index >= 15 is 0 Å². The summed E-state index contributed by atoms with van der Waals surface area (Å²) < 4.78 is 13.0. The van der Waals surface area contributed by atoms with Crippen molar-refractivity contribution in [2.45, 2.75) is 52.7 Å². The Morgan fingerprint density at radius 1 is 0.622 bits per heavy atom. The van der Waals surface area contributed by atoms with Crippen molar-refractivity contribution in [1.82, 2.24) is 4.98 Å². The molecular formula is C33H32BNO2. The van der Waals surface area contributed by atoms with Crippen LogP contribution in [0.5, 0.6) is 0 Å². The van der Waals surface area contributed by atoms with Crippen LogP contribution in [0.2, 0.25) is 0 Å². The standard InChI is InChI=1S/C33H32BNO2/c1-21-15-16-27(22(2)35-21)24-17-25(19-26(18-24)34-36-32(3,4)33(5,6)37-34)31-20-23-11-7-8-12-28(23)29-13-9-10-14-30(29)31/h7-20H,1-6H3. The second-order valence-corrected chi connectivity index (χ2v) is 11.2. The van der Waals surface area contributed by atoms with Gasteiger partial charge in [0.1, 0.15) is 0 Å². The fourth-order valence-corrected chi connectivity index (χ4v) is 5.36. The van der Waals surface area contributed by atoms with Gasteiger partial charge in [0.05, 0.1) is 11.2 Å². The molecule has 4 heteroatoms. The van der Waals surface area contributed by atoms with Crippen LogP contribution in [0.25, 0.3) is 43.8 Å². The Bertz CT molecular complexity index is 1650. The third kappa shape index (κ3) is 4.05. The summed E-state index contributed by atoms with van der Waals surface area (Å²) in [6, 6.07) is 30.6. The highest BCUT2D eigenvalue weighted by atomic mass is 16.7. The normalized spacial score (nSPS) is 16.5. The van der Waals surface area contributed by atoms with Gasteiger partial charge in [-0.25, -0.2) is 0 Å². The molecule has 0 aliphatic carbocycles. The van der Waals surface area contributed by atoms with Crippen LogP contribution < -0.4 is 5.46 Å². The molecule has 184 valence electrons. The van der Waals surface area contributed by atoms with E-state index in [0.717, 1.165) is 33.5 Å². The monoisotopic (exact) mass is 485 g/mol. The van der Waals surface area contributed by atoms with E-state index in [2.05, 4.69) is 120 Å². The first-order chi connectivity index (χ1) is 17.6. The minimum absolute atomic E-state index is 0.412. The summed E-state index contributed by atoms with van der Waals surface area (Å²) in [6.07, 6.45) is 0. The summed E-state index contributed by atoms with van der Waals surface area (Å²) in [4.78, 5) is 4.75. The number of nitrogens with zero attached hydrogens (tertiary/aromatic N) is 1. The number of pyridine rings is 1. The lowest BCUT2D eigenvalue weighted by Crippen LogP contribution is -2.41. The van der Waals surface area contributed by atoms with Crippen molar-refractivity contribution in [2.24, 2.45) is 0 Å². The Labute approximate surface area is 219 Å². The lowest BCUT2D eigenvalue weighted by atomic mass is 9.76. The molecule has 6 rings (SSSR count). The van der Waals surface area contributed by atoms with E-state index in [4.69, 9.17) is 14.3 Å². The molecule has 3 nitrogen and oxygen atoms in total. The molecule has 2 heterocycles. The van der Waals surface area contributed by atoms with Crippen LogP contribution in [-0.4, -0.2) is 23.3 Å². The maximum absolute atomic E-state index is 6.50. The Kier molecular flexibility index (Phi) is 5.52. The van der Waals surface area contributed by atoms with Gasteiger partial charge in [-0.3, -0.25) is 4.98 Å². The first-order valence-electron chi connectivity index (χ1n) is 13.0. The second kappa shape index (κ2) is 8.54. The topological polar surface area (TPSA) is 31.4 Å². The second-order valence-electron chi connectivity index (χ2n) is 11.2. The molecule has 0 amide bonds. The first kappa shape index (κ1) is 23.9. The molecule has 1 aliphatic rings. The first-order valence-corrected chi connectivity index (χ1v) is 13.0. The Hall–Kier alpha value is -3.47. The van der Waals surface area contributed by atoms with Gasteiger partial charge in [0.15, 0.2) is 0 Å². The molecule has 1 saturated heterocycles. The third-order valence-corrected chi connectivity index (χ3v) is 8.10. The molecule has 0 spiro atoms. The molecule has 0 unspecified atom stereocenters. The summed E-state index contributed by atoms with van der Waals surface area (Å²) in [5.74, 6) is 0. The number of aromatic nitrogens is 1. The average molecular weight is 485 g/mol. The van der Waals surface area contributed by atoms with E-state index in [-0.39, 0.29) is 0 Å². The van der Waals surface area contributed by atoms with Crippen LogP contribution in [0, 0.1) is 13.8 Å². The quantitative estimate of drug-likeness (QED) is 0.194. The van der Waals surface area contributed by atoms with Gasteiger partial charge in [0.2, 0.25) is 0 Å². The number of fused-ring (bicyclic) bond motifs is 3. The van der Waals surface area contributed by atoms with Crippen molar-refractivity contribution in [1.29, 1.82) is 0 Å². The maximum Gasteiger partial charge on any atom is 0.494 e. The van der Waals surface area contributed by atoms with Crippen LogP contribution in [0.4, 0.5) is 0 Å². The van der Waals surface area contributed by atoms with Gasteiger partial charge in [0, 0.05) is 17.0 Å². The van der Waals surface area contributed by atoms with Crippen molar-refractivity contribution in [2.75, 3.05) is 0 Å². The van der Waals surface area contributed by atoms with Crippen LogP contribution in [-0.2, 0) is 9.31 Å². The average Bonchev–Trinajstić information content (AvgIpc) is 3.10. The number of hydrogen-bond donors (Lipinski definition) is 0. The highest BCUT2D eigenvalue weighted by Crippen LogP contribution is 2.39. The smallest absolute Gasteiger partial charge is 0.399 e. The van der Waals surface area contributed by atoms with Crippen LogP contribution >= 0.6 is 0 Å². The fourth-order valence-electron chi connectivity index (χ4n) is 5.36. The van der Waals surface area contributed by atoms with Gasteiger partial charge in [-0.15, -0.1) is 0 Å². The van der Waals surface area contributed by atoms with Crippen LogP contribution in [0.15, 0.2) is 84.9 Å². The summed E-state index contributed by atoms with van der Waals surface area (Å²) in [7, 11) is -0.450. The van der Waals surface area contributed by atoms with Crippen molar-refractivity contribution in [3.63, 3.8) is 0 Å². The van der Waals surface area contributed by atoms with Gasteiger partial charge in [-0.1, -0.05) is 66.7 Å². The number of benzene rings is 4. The maximum atomic E-state index is 6.50. The summed E-state index contributed by atoms with van der Waals surface area (Å²) in [6.45, 7) is 12.5. The van der Waals surface area contributed by atoms with E-state index in [1.54, 1.807) is 0 Å². The van der Waals surface area contributed by atoms with Gasteiger partial charge in [-0.2, -0.15) is 0 Å². The number of aryl methyl sites for hydroxylation is 2. The summed E-state index contributed by atoms with van der Waals surface area (Å²) in [5, 5.41) is 4.98. The van der Waals surface area contributed by atoms with Crippen LogP contribution in [0.1, 0.15) is 39.1 Å². The van der Waals surface area contributed by atoms with Crippen LogP contribution in [0.3, 0.4) is 0 Å². The SMILES string of the molecule is Cc1ccc(-c2cc(B3OC(C)(C)C(C)(C)O3)cc(-c3cc4ccccc4c4ccccc34)c2)c(C)n1. The molecule has 0 N–H and O–H groups in total. The number of rotatable bonds is 3. The molecule has 1 aromatic heterocycles. The number of hydrogen-bond acceptors (Lipinski definition) is 3. The third-order valence-electron chi connectivity index (χ3n) is 8.10. The van der Waals surface area contributed by atoms with E-state index in [1.165, 1.54) is 27.1 Å². The van der Waals surface area contributed by atoms with Crippen molar-refractivity contribution >= 4 is 34.1 Å². The molecule has 0 saturated carbocycles. The molecule has 1 aliphatic heterocycles. The van der Waals surface area contributed by atoms with E-state index < -0.39 is 18.3 Å². The highest BCUT2D eigenvalue weighted by Gasteiger charge is 2.51. The summed E-state index contributed by atoms with van der Waals surface area (Å²) in [5.41, 5.74) is 6.80. The largest absolute Gasteiger partial charge is 0.494 e. The van der Waals surface area contributed by atoms with Crippen molar-refractivity contribution in [3.05, 3.63) is 96.3 Å². The van der Waals surface area contributed by atoms with Gasteiger partial charge < -0.3 is 9.31 Å². The van der Waals surface area contributed by atoms with E-state index in [1.807, 2.05) is 6.92 Å². The minimum atomic E-state index is -0.450. The fraction of sp³-hybridized carbons (Fsp3) is 0.242. The van der Waals surface area contributed by atoms with E-state index in [0.29, 0.717) is 0 Å². The van der Waals surface area contributed by atoms with E-state index in [9.17, 15) is 0 Å². The molecule has 5 aromatic rings. The van der Waals surface area contributed by atoms with Crippen molar-refractivity contribution in [3.8, 4) is 22.3 Å². The summed E-state index contributed by atoms with van der Waals surface area (Å²) >= 11 is 0. The molecule has 4 aromatic carbocycles. The predicted molar refractivity (Wildman–Crippen MR) is 155 cm³/mol. The minimum Gasteiger partial charge on any atom is -0.399 e. The molecular weight excluding hydrogens is 453 g/mol. The Morgan fingerprint density at radius 2 is 1.22 bits per heavy atom. The zero-order valence-corrected chi connectivity index (χ0v) is 22.4. The van der Waals surface area contributed by atoms with Gasteiger partial charge in [0.25, 0.3) is 0 Å². The highest BCUT2D eigenvalue weighted by molar-refractivity contribution is 6.62.